The van der Waals surface area contributed by atoms with E-state index in [-0.39, 0.29) is 31.8 Å². The second kappa shape index (κ2) is 12.1. The quantitative estimate of drug-likeness (QED) is 0.371. The first kappa shape index (κ1) is 33.3. The van der Waals surface area contributed by atoms with Gasteiger partial charge in [-0.05, 0) is 74.7 Å². The van der Waals surface area contributed by atoms with E-state index >= 15 is 0 Å². The van der Waals surface area contributed by atoms with Crippen molar-refractivity contribution in [2.75, 3.05) is 49.3 Å². The normalized spacial score (nSPS) is 16.7. The topological polar surface area (TPSA) is 94.1 Å². The maximum absolute atomic E-state index is 14.1. The largest absolute Gasteiger partial charge is 0.416 e. The predicted molar refractivity (Wildman–Crippen MR) is 162 cm³/mol. The summed E-state index contributed by atoms with van der Waals surface area (Å²) in [6.07, 6.45) is -2.02. The molecule has 1 aliphatic heterocycles. The van der Waals surface area contributed by atoms with Gasteiger partial charge in [-0.25, -0.2) is 17.8 Å². The van der Waals surface area contributed by atoms with Gasteiger partial charge in [0.05, 0.1) is 41.8 Å². The number of piperazine rings is 1. The summed E-state index contributed by atoms with van der Waals surface area (Å²) in [5.41, 5.74) is 0.326. The van der Waals surface area contributed by atoms with Crippen molar-refractivity contribution >= 4 is 27.4 Å². The van der Waals surface area contributed by atoms with Crippen LogP contribution in [0.5, 0.6) is 0 Å². The molecule has 1 N–H and O–H groups in total. The molecule has 44 heavy (non-hydrogen) atoms. The molecule has 13 heteroatoms. The van der Waals surface area contributed by atoms with Crippen LogP contribution in [0.3, 0.4) is 0 Å². The number of benzene rings is 2. The molecule has 0 bridgehead atoms. The number of aryl methyl sites for hydroxylation is 2. The summed E-state index contributed by atoms with van der Waals surface area (Å²) >= 11 is 0. The molecule has 1 fully saturated rings. The maximum atomic E-state index is 14.1. The Bertz CT molecular complexity index is 1680. The van der Waals surface area contributed by atoms with Crippen LogP contribution in [0.25, 0.3) is 11.1 Å². The molecule has 2 heterocycles. The average molecular weight is 637 g/mol. The first-order chi connectivity index (χ1) is 20.3. The van der Waals surface area contributed by atoms with Gasteiger partial charge in [0.15, 0.2) is 0 Å². The molecule has 1 aromatic heterocycles. The van der Waals surface area contributed by atoms with E-state index in [1.54, 1.807) is 43.9 Å². The minimum Gasteiger partial charge on any atom is -0.394 e. The molecule has 0 spiro atoms. The van der Waals surface area contributed by atoms with E-state index in [0.29, 0.717) is 33.8 Å². The first-order valence-corrected chi connectivity index (χ1v) is 15.8. The Kier molecular flexibility index (Phi) is 9.16. The molecule has 3 aromatic rings. The van der Waals surface area contributed by atoms with E-state index in [0.717, 1.165) is 18.4 Å². The number of carbonyl (C=O) groups excluding carboxylic acids is 1. The number of sulfonamides is 1. The van der Waals surface area contributed by atoms with Gasteiger partial charge in [0.25, 0.3) is 0 Å². The van der Waals surface area contributed by atoms with Crippen molar-refractivity contribution in [1.82, 2.24) is 9.29 Å². The van der Waals surface area contributed by atoms with Crippen molar-refractivity contribution in [3.05, 3.63) is 76.7 Å². The van der Waals surface area contributed by atoms with Gasteiger partial charge in [-0.1, -0.05) is 17.7 Å². The maximum Gasteiger partial charge on any atom is 0.416 e. The van der Waals surface area contributed by atoms with E-state index in [4.69, 9.17) is 0 Å². The Balaban J connectivity index is 1.80. The molecule has 1 atom stereocenters. The van der Waals surface area contributed by atoms with Crippen LogP contribution in [0.15, 0.2) is 48.7 Å². The fourth-order valence-corrected chi connectivity index (χ4v) is 6.41. The van der Waals surface area contributed by atoms with Crippen LogP contribution >= 0.6 is 0 Å². The van der Waals surface area contributed by atoms with Gasteiger partial charge in [0.1, 0.15) is 11.6 Å². The predicted octanol–water partition coefficient (Wildman–Crippen LogP) is 4.91. The second-order valence-electron chi connectivity index (χ2n) is 11.7. The molecular weight excluding hydrogens is 600 g/mol. The average Bonchev–Trinajstić information content (AvgIpc) is 2.94. The number of aliphatic hydroxyl groups is 1. The van der Waals surface area contributed by atoms with Crippen LogP contribution in [0.1, 0.15) is 36.1 Å². The lowest BCUT2D eigenvalue weighted by molar-refractivity contribution is -0.137. The van der Waals surface area contributed by atoms with E-state index in [2.05, 4.69) is 4.98 Å². The number of likely N-dealkylation sites (N-methyl/N-ethyl adjacent to an activating group) is 1. The van der Waals surface area contributed by atoms with Crippen LogP contribution in [0.4, 0.5) is 29.1 Å². The monoisotopic (exact) mass is 636 g/mol. The highest BCUT2D eigenvalue weighted by Crippen LogP contribution is 2.39. The van der Waals surface area contributed by atoms with Crippen molar-refractivity contribution < 1.29 is 35.9 Å². The SMILES string of the molecule is Cc1cc(C(F)(F)F)cc(C(C)(C)C(=O)N(C)c2cnc(N3CCN(S(C)(=O)=O)CC3CO)cc2-c2ccc(F)cc2C)c1. The molecule has 2 aromatic carbocycles. The summed E-state index contributed by atoms with van der Waals surface area (Å²) < 4.78 is 80.5. The van der Waals surface area contributed by atoms with Crippen LogP contribution in [0, 0.1) is 19.7 Å². The highest BCUT2D eigenvalue weighted by Gasteiger charge is 2.38. The molecular formula is C31H36F4N4O4S. The number of rotatable bonds is 7. The molecule has 238 valence electrons. The fraction of sp³-hybridized carbons (Fsp3) is 0.419. The van der Waals surface area contributed by atoms with Gasteiger partial charge in [0, 0.05) is 32.2 Å². The summed E-state index contributed by atoms with van der Waals surface area (Å²) in [6, 6.07) is 8.86. The number of hydrogen-bond acceptors (Lipinski definition) is 6. The molecule has 8 nitrogen and oxygen atoms in total. The van der Waals surface area contributed by atoms with Gasteiger partial charge < -0.3 is 14.9 Å². The number of pyridine rings is 1. The lowest BCUT2D eigenvalue weighted by atomic mass is 9.81. The number of alkyl halides is 3. The van der Waals surface area contributed by atoms with E-state index < -0.39 is 44.9 Å². The van der Waals surface area contributed by atoms with Crippen LogP contribution in [0.2, 0.25) is 0 Å². The van der Waals surface area contributed by atoms with Crippen molar-refractivity contribution in [1.29, 1.82) is 0 Å². The van der Waals surface area contributed by atoms with Crippen molar-refractivity contribution in [2.45, 2.75) is 45.3 Å². The Morgan fingerprint density at radius 2 is 1.70 bits per heavy atom. The highest BCUT2D eigenvalue weighted by atomic mass is 32.2. The van der Waals surface area contributed by atoms with Crippen LogP contribution < -0.4 is 9.80 Å². The molecule has 1 amide bonds. The lowest BCUT2D eigenvalue weighted by Gasteiger charge is -2.40. The van der Waals surface area contributed by atoms with Gasteiger partial charge >= 0.3 is 6.18 Å². The lowest BCUT2D eigenvalue weighted by Crippen LogP contribution is -2.56. The zero-order chi connectivity index (χ0) is 32.8. The number of aromatic nitrogens is 1. The van der Waals surface area contributed by atoms with Crippen molar-refractivity contribution in [3.8, 4) is 11.1 Å². The number of anilines is 2. The molecule has 1 unspecified atom stereocenters. The third-order valence-electron chi connectivity index (χ3n) is 8.09. The molecule has 0 aliphatic carbocycles. The number of halogens is 4. The number of amides is 1. The van der Waals surface area contributed by atoms with Gasteiger partial charge in [-0.3, -0.25) is 4.79 Å². The summed E-state index contributed by atoms with van der Waals surface area (Å²) in [5.74, 6) is -0.542. The zero-order valence-electron chi connectivity index (χ0n) is 25.4. The summed E-state index contributed by atoms with van der Waals surface area (Å²) in [7, 11) is -1.98. The van der Waals surface area contributed by atoms with Crippen LogP contribution in [-0.2, 0) is 26.4 Å². The number of nitrogens with zero attached hydrogens (tertiary/aromatic N) is 4. The second-order valence-corrected chi connectivity index (χ2v) is 13.7. The van der Waals surface area contributed by atoms with Gasteiger partial charge in [0.2, 0.25) is 15.9 Å². The summed E-state index contributed by atoms with van der Waals surface area (Å²) in [6.45, 7) is 6.47. The Hall–Kier alpha value is -3.55. The highest BCUT2D eigenvalue weighted by molar-refractivity contribution is 7.88. The molecule has 1 aliphatic rings. The van der Waals surface area contributed by atoms with Crippen molar-refractivity contribution in [3.63, 3.8) is 0 Å². The summed E-state index contributed by atoms with van der Waals surface area (Å²) in [4.78, 5) is 21.7. The number of hydrogen-bond donors (Lipinski definition) is 1. The zero-order valence-corrected chi connectivity index (χ0v) is 26.2. The number of carbonyl (C=O) groups is 1. The van der Waals surface area contributed by atoms with Gasteiger partial charge in [-0.2, -0.15) is 17.5 Å². The smallest absolute Gasteiger partial charge is 0.394 e. The van der Waals surface area contributed by atoms with Gasteiger partial charge in [-0.15, -0.1) is 0 Å². The minimum absolute atomic E-state index is 0.0483. The van der Waals surface area contributed by atoms with Crippen LogP contribution in [-0.4, -0.2) is 74.3 Å². The molecule has 4 rings (SSSR count). The Morgan fingerprint density at radius 1 is 1.05 bits per heavy atom. The third kappa shape index (κ3) is 6.74. The minimum atomic E-state index is -4.59. The fourth-order valence-electron chi connectivity index (χ4n) is 5.55. The van der Waals surface area contributed by atoms with E-state index in [1.807, 2.05) is 0 Å². The molecule has 0 saturated carbocycles. The number of aliphatic hydroxyl groups excluding tert-OH is 1. The standard InChI is InChI=1S/C31H36F4N4O4S/c1-19-11-21(14-22(12-19)31(33,34)35)30(3,4)29(41)37(5)27-16-36-28(15-26(27)25-8-7-23(32)13-20(25)2)39-10-9-38(44(6,42)43)17-24(39)18-40/h7-8,11-16,24,40H,9-10,17-18H2,1-6H3. The van der Waals surface area contributed by atoms with E-state index in [9.17, 15) is 35.9 Å². The first-order valence-electron chi connectivity index (χ1n) is 13.9. The molecule has 1 saturated heterocycles. The van der Waals surface area contributed by atoms with Crippen molar-refractivity contribution in [2.24, 2.45) is 0 Å². The summed E-state index contributed by atoms with van der Waals surface area (Å²) in [5, 5.41) is 10.1. The Labute approximate surface area is 255 Å². The third-order valence-corrected chi connectivity index (χ3v) is 9.36. The van der Waals surface area contributed by atoms with E-state index in [1.165, 1.54) is 41.5 Å². The molecule has 0 radical (unpaired) electrons. The Morgan fingerprint density at radius 3 is 2.30 bits per heavy atom.